The summed E-state index contributed by atoms with van der Waals surface area (Å²) in [5.41, 5.74) is 0.171. The van der Waals surface area contributed by atoms with E-state index >= 15 is 0 Å². The van der Waals surface area contributed by atoms with E-state index in [1.165, 1.54) is 14.2 Å². The average Bonchev–Trinajstić information content (AvgIpc) is 2.55. The van der Waals surface area contributed by atoms with Crippen molar-refractivity contribution in [3.63, 3.8) is 0 Å². The first-order valence-electron chi connectivity index (χ1n) is 6.40. The summed E-state index contributed by atoms with van der Waals surface area (Å²) < 4.78 is 10.0. The van der Waals surface area contributed by atoms with E-state index in [-0.39, 0.29) is 24.6 Å². The molecule has 1 aromatic heterocycles. The molecule has 0 amide bonds. The van der Waals surface area contributed by atoms with Crippen molar-refractivity contribution in [3.05, 3.63) is 35.9 Å². The van der Waals surface area contributed by atoms with Crippen LogP contribution in [-0.2, 0) is 5.54 Å². The Kier molecular flexibility index (Phi) is 4.54. The van der Waals surface area contributed by atoms with Gasteiger partial charge < -0.3 is 19.9 Å². The highest BCUT2D eigenvalue weighted by Gasteiger charge is 2.27. The van der Waals surface area contributed by atoms with Crippen LogP contribution < -0.4 is 14.8 Å². The van der Waals surface area contributed by atoms with Crippen molar-refractivity contribution in [1.29, 1.82) is 0 Å². The number of rotatable bonds is 6. The van der Waals surface area contributed by atoms with Gasteiger partial charge in [0.15, 0.2) is 0 Å². The fraction of sp³-hybridized carbons (Fsp3) is 0.357. The van der Waals surface area contributed by atoms with Crippen molar-refractivity contribution in [2.45, 2.75) is 12.5 Å². The second-order valence-electron chi connectivity index (χ2n) is 4.61. The molecule has 7 nitrogen and oxygen atoms in total. The van der Waals surface area contributed by atoms with Crippen LogP contribution in [0.5, 0.6) is 12.0 Å². The van der Waals surface area contributed by atoms with Gasteiger partial charge in [-0.15, -0.1) is 4.98 Å². The first-order valence-corrected chi connectivity index (χ1v) is 6.40. The first kappa shape index (κ1) is 15.0. The maximum absolute atomic E-state index is 9.76. The van der Waals surface area contributed by atoms with Crippen LogP contribution in [-0.4, -0.2) is 40.9 Å². The summed E-state index contributed by atoms with van der Waals surface area (Å²) in [4.78, 5) is 12.2. The Bertz CT molecular complexity index is 572. The van der Waals surface area contributed by atoms with Crippen LogP contribution in [0.25, 0.3) is 0 Å². The molecule has 1 heterocycles. The van der Waals surface area contributed by atoms with Gasteiger partial charge in [0.1, 0.15) is 0 Å². The zero-order valence-corrected chi connectivity index (χ0v) is 12.2. The summed E-state index contributed by atoms with van der Waals surface area (Å²) in [6.07, 6.45) is 0. The van der Waals surface area contributed by atoms with Crippen molar-refractivity contribution in [3.8, 4) is 12.0 Å². The van der Waals surface area contributed by atoms with E-state index in [0.29, 0.717) is 0 Å². The predicted molar refractivity (Wildman–Crippen MR) is 77.4 cm³/mol. The second-order valence-corrected chi connectivity index (χ2v) is 4.61. The highest BCUT2D eigenvalue weighted by Crippen LogP contribution is 2.25. The molecule has 0 spiro atoms. The number of anilines is 1. The van der Waals surface area contributed by atoms with Gasteiger partial charge in [0.2, 0.25) is 5.95 Å². The second kappa shape index (κ2) is 6.36. The Morgan fingerprint density at radius 2 is 1.62 bits per heavy atom. The lowest BCUT2D eigenvalue weighted by Crippen LogP contribution is -2.36. The number of aromatic nitrogens is 3. The number of aliphatic hydroxyl groups excluding tert-OH is 1. The molecule has 1 atom stereocenters. The molecule has 0 aliphatic heterocycles. The molecule has 21 heavy (non-hydrogen) atoms. The molecule has 1 aromatic carbocycles. The molecule has 0 aliphatic carbocycles. The highest BCUT2D eigenvalue weighted by atomic mass is 16.5. The minimum Gasteiger partial charge on any atom is -0.467 e. The molecule has 0 saturated carbocycles. The topological polar surface area (TPSA) is 89.4 Å². The molecule has 2 N–H and O–H groups in total. The smallest absolute Gasteiger partial charge is 0.324 e. The van der Waals surface area contributed by atoms with Crippen molar-refractivity contribution < 1.29 is 14.6 Å². The maximum Gasteiger partial charge on any atom is 0.324 e. The molecule has 0 fully saturated rings. The van der Waals surface area contributed by atoms with E-state index < -0.39 is 5.54 Å². The van der Waals surface area contributed by atoms with Crippen molar-refractivity contribution >= 4 is 5.95 Å². The van der Waals surface area contributed by atoms with E-state index in [2.05, 4.69) is 20.3 Å². The molecule has 0 aliphatic rings. The van der Waals surface area contributed by atoms with Crippen molar-refractivity contribution in [2.24, 2.45) is 0 Å². The van der Waals surface area contributed by atoms with Crippen LogP contribution in [0.4, 0.5) is 5.95 Å². The number of aliphatic hydroxyl groups is 1. The van der Waals surface area contributed by atoms with Gasteiger partial charge in [-0.25, -0.2) is 0 Å². The summed E-state index contributed by atoms with van der Waals surface area (Å²) in [6, 6.07) is 9.82. The summed E-state index contributed by atoms with van der Waals surface area (Å²) in [6.45, 7) is 1.72. The molecule has 0 bridgehead atoms. The van der Waals surface area contributed by atoms with E-state index in [9.17, 15) is 5.11 Å². The largest absolute Gasteiger partial charge is 0.467 e. The molecule has 2 aromatic rings. The van der Waals surface area contributed by atoms with E-state index in [0.717, 1.165) is 5.56 Å². The quantitative estimate of drug-likeness (QED) is 0.826. The number of hydrogen-bond acceptors (Lipinski definition) is 7. The van der Waals surface area contributed by atoms with Gasteiger partial charge >= 0.3 is 12.0 Å². The van der Waals surface area contributed by atoms with Crippen molar-refractivity contribution in [2.75, 3.05) is 26.1 Å². The lowest BCUT2D eigenvalue weighted by Gasteiger charge is -2.29. The monoisotopic (exact) mass is 290 g/mol. The van der Waals surface area contributed by atoms with Crippen LogP contribution in [0.3, 0.4) is 0 Å². The molecular formula is C14H18N4O3. The Balaban J connectivity index is 2.34. The van der Waals surface area contributed by atoms with Gasteiger partial charge in [0, 0.05) is 0 Å². The third kappa shape index (κ3) is 3.38. The Morgan fingerprint density at radius 1 is 1.05 bits per heavy atom. The van der Waals surface area contributed by atoms with Crippen LogP contribution in [0.15, 0.2) is 30.3 Å². The number of benzene rings is 1. The number of nitrogens with zero attached hydrogens (tertiary/aromatic N) is 3. The lowest BCUT2D eigenvalue weighted by molar-refractivity contribution is 0.223. The van der Waals surface area contributed by atoms with Gasteiger partial charge in [0.05, 0.1) is 26.4 Å². The van der Waals surface area contributed by atoms with Crippen LogP contribution in [0.2, 0.25) is 0 Å². The Morgan fingerprint density at radius 3 is 2.10 bits per heavy atom. The number of methoxy groups -OCH3 is 2. The number of ether oxygens (including phenoxy) is 2. The minimum absolute atomic E-state index is 0.132. The summed E-state index contributed by atoms with van der Waals surface area (Å²) in [5, 5.41) is 12.9. The predicted octanol–water partition coefficient (Wildman–Crippen LogP) is 1.21. The highest BCUT2D eigenvalue weighted by molar-refractivity contribution is 5.38. The third-order valence-corrected chi connectivity index (χ3v) is 3.07. The molecular weight excluding hydrogens is 272 g/mol. The Hall–Kier alpha value is -2.41. The van der Waals surface area contributed by atoms with Gasteiger partial charge in [-0.05, 0) is 12.5 Å². The van der Waals surface area contributed by atoms with E-state index in [4.69, 9.17) is 9.47 Å². The normalized spacial score (nSPS) is 13.3. The average molecular weight is 290 g/mol. The fourth-order valence-electron chi connectivity index (χ4n) is 1.83. The van der Waals surface area contributed by atoms with Gasteiger partial charge in [-0.3, -0.25) is 0 Å². The zero-order valence-electron chi connectivity index (χ0n) is 12.2. The lowest BCUT2D eigenvalue weighted by atomic mass is 9.93. The maximum atomic E-state index is 9.76. The SMILES string of the molecule is COc1nc(NC(C)(CO)c2ccccc2)nc(OC)n1. The zero-order chi connectivity index (χ0) is 15.3. The van der Waals surface area contributed by atoms with Crippen LogP contribution in [0, 0.1) is 0 Å². The Labute approximate surface area is 123 Å². The molecule has 1 unspecified atom stereocenters. The first-order chi connectivity index (χ1) is 10.1. The fourth-order valence-corrected chi connectivity index (χ4v) is 1.83. The van der Waals surface area contributed by atoms with Crippen LogP contribution >= 0.6 is 0 Å². The number of hydrogen-bond donors (Lipinski definition) is 2. The summed E-state index contributed by atoms with van der Waals surface area (Å²) >= 11 is 0. The molecule has 2 rings (SSSR count). The number of nitrogens with one attached hydrogen (secondary N) is 1. The summed E-state index contributed by atoms with van der Waals surface area (Å²) in [5.74, 6) is 0.263. The van der Waals surface area contributed by atoms with E-state index in [1.54, 1.807) is 0 Å². The van der Waals surface area contributed by atoms with Gasteiger partial charge in [0.25, 0.3) is 0 Å². The van der Waals surface area contributed by atoms with E-state index in [1.807, 2.05) is 37.3 Å². The molecule has 112 valence electrons. The standard InChI is InChI=1S/C14H18N4O3/c1-14(9-19,10-7-5-4-6-8-10)18-11-15-12(20-2)17-13(16-11)21-3/h4-8,19H,9H2,1-3H3,(H,15,16,17,18). The summed E-state index contributed by atoms with van der Waals surface area (Å²) in [7, 11) is 2.92. The molecule has 0 radical (unpaired) electrons. The van der Waals surface area contributed by atoms with Gasteiger partial charge in [-0.1, -0.05) is 30.3 Å². The molecule has 0 saturated heterocycles. The molecule has 7 heteroatoms. The third-order valence-electron chi connectivity index (χ3n) is 3.07. The van der Waals surface area contributed by atoms with Crippen LogP contribution in [0.1, 0.15) is 12.5 Å². The minimum atomic E-state index is -0.737. The van der Waals surface area contributed by atoms with Gasteiger partial charge in [-0.2, -0.15) is 9.97 Å². The van der Waals surface area contributed by atoms with Crippen molar-refractivity contribution in [1.82, 2.24) is 15.0 Å².